The summed E-state index contributed by atoms with van der Waals surface area (Å²) in [5.41, 5.74) is 0. The third-order valence-corrected chi connectivity index (χ3v) is 4.08. The molecule has 0 bridgehead atoms. The summed E-state index contributed by atoms with van der Waals surface area (Å²) in [6.45, 7) is 5.78. The SMILES string of the molecule is CC(C)CC1CCCC(NCCCc2ncn[nH]2)C1. The van der Waals surface area contributed by atoms with Gasteiger partial charge < -0.3 is 5.32 Å². The first-order chi connectivity index (χ1) is 9.24. The van der Waals surface area contributed by atoms with E-state index in [1.807, 2.05) is 0 Å². The first-order valence-electron chi connectivity index (χ1n) is 7.81. The van der Waals surface area contributed by atoms with Crippen molar-refractivity contribution in [3.05, 3.63) is 12.2 Å². The van der Waals surface area contributed by atoms with Crippen LogP contribution in [0.4, 0.5) is 0 Å². The number of nitrogens with zero attached hydrogens (tertiary/aromatic N) is 2. The smallest absolute Gasteiger partial charge is 0.137 e. The molecule has 0 aliphatic heterocycles. The summed E-state index contributed by atoms with van der Waals surface area (Å²) in [6, 6.07) is 0.743. The monoisotopic (exact) mass is 264 g/mol. The van der Waals surface area contributed by atoms with Crippen LogP contribution in [-0.2, 0) is 6.42 Å². The van der Waals surface area contributed by atoms with E-state index >= 15 is 0 Å². The van der Waals surface area contributed by atoms with Gasteiger partial charge in [-0.1, -0.05) is 26.7 Å². The van der Waals surface area contributed by atoms with E-state index in [4.69, 9.17) is 0 Å². The Hall–Kier alpha value is -0.900. The fourth-order valence-electron chi connectivity index (χ4n) is 3.27. The number of aromatic nitrogens is 3. The second kappa shape index (κ2) is 7.63. The number of hydrogen-bond donors (Lipinski definition) is 2. The third kappa shape index (κ3) is 5.31. The van der Waals surface area contributed by atoms with Crippen LogP contribution in [0.5, 0.6) is 0 Å². The van der Waals surface area contributed by atoms with Crippen molar-refractivity contribution in [2.75, 3.05) is 6.54 Å². The molecule has 2 atom stereocenters. The Kier molecular flexibility index (Phi) is 5.83. The average Bonchev–Trinajstić information content (AvgIpc) is 2.87. The van der Waals surface area contributed by atoms with Crippen LogP contribution in [-0.4, -0.2) is 27.8 Å². The first kappa shape index (κ1) is 14.5. The van der Waals surface area contributed by atoms with Crippen LogP contribution < -0.4 is 5.32 Å². The van der Waals surface area contributed by atoms with Crippen LogP contribution in [0.1, 0.15) is 58.2 Å². The van der Waals surface area contributed by atoms with Crippen molar-refractivity contribution in [2.45, 2.75) is 64.8 Å². The van der Waals surface area contributed by atoms with Crippen molar-refractivity contribution >= 4 is 0 Å². The molecule has 1 aromatic rings. The summed E-state index contributed by atoms with van der Waals surface area (Å²) < 4.78 is 0. The summed E-state index contributed by atoms with van der Waals surface area (Å²) in [7, 11) is 0. The van der Waals surface area contributed by atoms with E-state index in [2.05, 4.69) is 34.3 Å². The molecule has 2 N–H and O–H groups in total. The Labute approximate surface area is 116 Å². The molecule has 1 saturated carbocycles. The molecule has 0 radical (unpaired) electrons. The molecule has 1 aromatic heterocycles. The molecule has 2 unspecified atom stereocenters. The van der Waals surface area contributed by atoms with Crippen molar-refractivity contribution in [3.63, 3.8) is 0 Å². The lowest BCUT2D eigenvalue weighted by Crippen LogP contribution is -2.35. The van der Waals surface area contributed by atoms with E-state index in [9.17, 15) is 0 Å². The molecule has 1 fully saturated rings. The minimum absolute atomic E-state index is 0.743. The van der Waals surface area contributed by atoms with E-state index in [0.29, 0.717) is 0 Å². The highest BCUT2D eigenvalue weighted by molar-refractivity contribution is 4.82. The quantitative estimate of drug-likeness (QED) is 0.745. The van der Waals surface area contributed by atoms with Crippen molar-refractivity contribution in [1.82, 2.24) is 20.5 Å². The highest BCUT2D eigenvalue weighted by Crippen LogP contribution is 2.29. The molecule has 1 aliphatic rings. The molecular weight excluding hydrogens is 236 g/mol. The summed E-state index contributed by atoms with van der Waals surface area (Å²) >= 11 is 0. The molecule has 19 heavy (non-hydrogen) atoms. The molecule has 0 spiro atoms. The van der Waals surface area contributed by atoms with Gasteiger partial charge in [0.05, 0.1) is 0 Å². The number of H-pyrrole nitrogens is 1. The van der Waals surface area contributed by atoms with E-state index in [1.165, 1.54) is 32.1 Å². The lowest BCUT2D eigenvalue weighted by Gasteiger charge is -2.31. The minimum Gasteiger partial charge on any atom is -0.314 e. The van der Waals surface area contributed by atoms with Crippen LogP contribution in [0.2, 0.25) is 0 Å². The fourth-order valence-corrected chi connectivity index (χ4v) is 3.27. The van der Waals surface area contributed by atoms with E-state index < -0.39 is 0 Å². The van der Waals surface area contributed by atoms with Gasteiger partial charge in [-0.15, -0.1) is 0 Å². The zero-order valence-electron chi connectivity index (χ0n) is 12.4. The second-order valence-corrected chi connectivity index (χ2v) is 6.35. The van der Waals surface area contributed by atoms with E-state index in [-0.39, 0.29) is 0 Å². The van der Waals surface area contributed by atoms with Crippen molar-refractivity contribution in [2.24, 2.45) is 11.8 Å². The number of aromatic amines is 1. The Morgan fingerprint density at radius 2 is 2.32 bits per heavy atom. The van der Waals surface area contributed by atoms with Crippen LogP contribution in [0.3, 0.4) is 0 Å². The number of nitrogens with one attached hydrogen (secondary N) is 2. The molecule has 1 aliphatic carbocycles. The van der Waals surface area contributed by atoms with Gasteiger partial charge >= 0.3 is 0 Å². The maximum Gasteiger partial charge on any atom is 0.137 e. The molecule has 0 amide bonds. The predicted molar refractivity (Wildman–Crippen MR) is 77.9 cm³/mol. The molecule has 1 heterocycles. The molecule has 2 rings (SSSR count). The maximum absolute atomic E-state index is 4.15. The van der Waals surface area contributed by atoms with Crippen LogP contribution in [0.15, 0.2) is 6.33 Å². The van der Waals surface area contributed by atoms with E-state index in [1.54, 1.807) is 6.33 Å². The minimum atomic E-state index is 0.743. The number of rotatable bonds is 7. The Balaban J connectivity index is 1.60. The van der Waals surface area contributed by atoms with Gasteiger partial charge in [0, 0.05) is 12.5 Å². The van der Waals surface area contributed by atoms with Gasteiger partial charge in [0.1, 0.15) is 12.2 Å². The molecule has 4 heteroatoms. The highest BCUT2D eigenvalue weighted by atomic mass is 15.2. The van der Waals surface area contributed by atoms with Crippen LogP contribution in [0, 0.1) is 11.8 Å². The van der Waals surface area contributed by atoms with Crippen molar-refractivity contribution in [3.8, 4) is 0 Å². The zero-order valence-corrected chi connectivity index (χ0v) is 12.4. The Morgan fingerprint density at radius 3 is 3.05 bits per heavy atom. The molecule has 0 aromatic carbocycles. The van der Waals surface area contributed by atoms with E-state index in [0.717, 1.165) is 43.1 Å². The van der Waals surface area contributed by atoms with Gasteiger partial charge in [-0.3, -0.25) is 5.10 Å². The number of aryl methyl sites for hydroxylation is 1. The first-order valence-corrected chi connectivity index (χ1v) is 7.81. The molecule has 108 valence electrons. The maximum atomic E-state index is 4.15. The van der Waals surface area contributed by atoms with Crippen molar-refractivity contribution < 1.29 is 0 Å². The highest BCUT2D eigenvalue weighted by Gasteiger charge is 2.21. The molecular formula is C15H28N4. The van der Waals surface area contributed by atoms with Gasteiger partial charge in [0.2, 0.25) is 0 Å². The van der Waals surface area contributed by atoms with Crippen LogP contribution >= 0.6 is 0 Å². The van der Waals surface area contributed by atoms with Crippen molar-refractivity contribution in [1.29, 1.82) is 0 Å². The zero-order chi connectivity index (χ0) is 13.5. The lowest BCUT2D eigenvalue weighted by atomic mass is 9.81. The second-order valence-electron chi connectivity index (χ2n) is 6.35. The van der Waals surface area contributed by atoms with Gasteiger partial charge in [-0.25, -0.2) is 4.98 Å². The lowest BCUT2D eigenvalue weighted by molar-refractivity contribution is 0.252. The Morgan fingerprint density at radius 1 is 1.42 bits per heavy atom. The summed E-state index contributed by atoms with van der Waals surface area (Å²) in [4.78, 5) is 4.15. The topological polar surface area (TPSA) is 53.6 Å². The summed E-state index contributed by atoms with van der Waals surface area (Å²) in [6.07, 6.45) is 10.7. The number of hydrogen-bond acceptors (Lipinski definition) is 3. The largest absolute Gasteiger partial charge is 0.314 e. The van der Waals surface area contributed by atoms with Gasteiger partial charge in [-0.05, 0) is 44.1 Å². The summed E-state index contributed by atoms with van der Waals surface area (Å²) in [5, 5.41) is 10.5. The predicted octanol–water partition coefficient (Wildman–Crippen LogP) is 2.93. The fraction of sp³-hybridized carbons (Fsp3) is 0.867. The summed E-state index contributed by atoms with van der Waals surface area (Å²) in [5.74, 6) is 2.79. The average molecular weight is 264 g/mol. The molecule has 0 saturated heterocycles. The van der Waals surface area contributed by atoms with Gasteiger partial charge in [0.25, 0.3) is 0 Å². The third-order valence-electron chi connectivity index (χ3n) is 4.08. The van der Waals surface area contributed by atoms with Gasteiger partial charge in [-0.2, -0.15) is 5.10 Å². The van der Waals surface area contributed by atoms with Crippen LogP contribution in [0.25, 0.3) is 0 Å². The van der Waals surface area contributed by atoms with Gasteiger partial charge in [0.15, 0.2) is 0 Å². The normalized spacial score (nSPS) is 23.9. The standard InChI is InChI=1S/C15H28N4/c1-12(2)9-13-5-3-6-14(10-13)16-8-4-7-15-17-11-18-19-15/h11-14,16H,3-10H2,1-2H3,(H,17,18,19). The molecule has 4 nitrogen and oxygen atoms in total. The Bertz CT molecular complexity index is 334.